The summed E-state index contributed by atoms with van der Waals surface area (Å²) in [6.07, 6.45) is 9.03. The van der Waals surface area contributed by atoms with Gasteiger partial charge in [0.1, 0.15) is 0 Å². The van der Waals surface area contributed by atoms with Crippen molar-refractivity contribution in [3.05, 3.63) is 29.8 Å². The summed E-state index contributed by atoms with van der Waals surface area (Å²) in [6, 6.07) is 8.36. The van der Waals surface area contributed by atoms with Gasteiger partial charge in [0, 0.05) is 24.7 Å². The Kier molecular flexibility index (Phi) is 6.09. The Morgan fingerprint density at radius 3 is 2.43 bits per heavy atom. The average molecular weight is 288 g/mol. The molecular formula is C18H28N2O. The zero-order valence-electron chi connectivity index (χ0n) is 13.2. The molecule has 3 heteroatoms. The van der Waals surface area contributed by atoms with Crippen LogP contribution in [0.15, 0.2) is 24.3 Å². The first-order chi connectivity index (χ1) is 10.2. The van der Waals surface area contributed by atoms with Gasteiger partial charge in [0.25, 0.3) is 0 Å². The zero-order chi connectivity index (χ0) is 15.1. The van der Waals surface area contributed by atoms with E-state index in [1.807, 2.05) is 24.3 Å². The fraction of sp³-hybridized carbons (Fsp3) is 0.611. The number of carbonyl (C=O) groups excluding carboxylic acids is 1. The summed E-state index contributed by atoms with van der Waals surface area (Å²) in [6.45, 7) is 2.95. The highest BCUT2D eigenvalue weighted by atomic mass is 16.2. The number of rotatable bonds is 9. The second-order valence-corrected chi connectivity index (χ2v) is 6.16. The minimum absolute atomic E-state index is 0.325. The molecule has 1 aromatic rings. The smallest absolute Gasteiger partial charge is 0.223 e. The van der Waals surface area contributed by atoms with Crippen molar-refractivity contribution in [1.82, 2.24) is 4.90 Å². The highest BCUT2D eigenvalue weighted by Gasteiger charge is 2.31. The van der Waals surface area contributed by atoms with Crippen LogP contribution in [0.1, 0.15) is 63.9 Å². The van der Waals surface area contributed by atoms with Crippen LogP contribution in [0.3, 0.4) is 0 Å². The highest BCUT2D eigenvalue weighted by molar-refractivity contribution is 5.76. The topological polar surface area (TPSA) is 46.3 Å². The van der Waals surface area contributed by atoms with Gasteiger partial charge in [-0.15, -0.1) is 0 Å². The molecular weight excluding hydrogens is 260 g/mol. The predicted molar refractivity (Wildman–Crippen MR) is 87.8 cm³/mol. The molecule has 0 aliphatic heterocycles. The number of nitrogens with zero attached hydrogens (tertiary/aromatic N) is 1. The van der Waals surface area contributed by atoms with E-state index in [0.717, 1.165) is 31.5 Å². The van der Waals surface area contributed by atoms with E-state index in [1.165, 1.54) is 31.2 Å². The maximum atomic E-state index is 12.4. The Balaban J connectivity index is 1.81. The van der Waals surface area contributed by atoms with Gasteiger partial charge in [-0.25, -0.2) is 0 Å². The van der Waals surface area contributed by atoms with Gasteiger partial charge < -0.3 is 10.6 Å². The first-order valence-electron chi connectivity index (χ1n) is 8.34. The first kappa shape index (κ1) is 15.9. The lowest BCUT2D eigenvalue weighted by atomic mass is 10.1. The second kappa shape index (κ2) is 8.06. The summed E-state index contributed by atoms with van der Waals surface area (Å²) in [7, 11) is 0. The molecule has 1 aromatic carbocycles. The summed E-state index contributed by atoms with van der Waals surface area (Å²) in [5, 5.41) is 0. The molecule has 3 nitrogen and oxygen atoms in total. The molecule has 0 bridgehead atoms. The standard InChI is InChI=1S/C18H28N2O/c1-2-3-4-5-6-7-18(21)20(17-12-13-17)14-15-8-10-16(19)11-9-15/h8-11,17H,2-7,12-14,19H2,1H3. The van der Waals surface area contributed by atoms with E-state index in [9.17, 15) is 4.79 Å². The van der Waals surface area contributed by atoms with Gasteiger partial charge in [-0.2, -0.15) is 0 Å². The van der Waals surface area contributed by atoms with E-state index < -0.39 is 0 Å². The third-order valence-electron chi connectivity index (χ3n) is 4.13. The number of amides is 1. The van der Waals surface area contributed by atoms with Crippen LogP contribution in [-0.2, 0) is 11.3 Å². The Hall–Kier alpha value is -1.51. The van der Waals surface area contributed by atoms with Gasteiger partial charge in [0.15, 0.2) is 0 Å². The molecule has 1 saturated carbocycles. The van der Waals surface area contributed by atoms with Crippen molar-refractivity contribution in [1.29, 1.82) is 0 Å². The molecule has 1 aliphatic carbocycles. The summed E-state index contributed by atoms with van der Waals surface area (Å²) in [4.78, 5) is 14.5. The number of anilines is 1. The zero-order valence-corrected chi connectivity index (χ0v) is 13.2. The molecule has 0 radical (unpaired) electrons. The molecule has 1 amide bonds. The molecule has 0 saturated heterocycles. The third-order valence-corrected chi connectivity index (χ3v) is 4.13. The number of nitrogen functional groups attached to an aromatic ring is 1. The number of nitrogens with two attached hydrogens (primary N) is 1. The van der Waals surface area contributed by atoms with Crippen LogP contribution in [0.4, 0.5) is 5.69 Å². The summed E-state index contributed by atoms with van der Waals surface area (Å²) >= 11 is 0. The van der Waals surface area contributed by atoms with Crippen LogP contribution in [0.5, 0.6) is 0 Å². The van der Waals surface area contributed by atoms with E-state index in [0.29, 0.717) is 18.4 Å². The Morgan fingerprint density at radius 1 is 1.14 bits per heavy atom. The largest absolute Gasteiger partial charge is 0.399 e. The maximum absolute atomic E-state index is 12.4. The van der Waals surface area contributed by atoms with Crippen molar-refractivity contribution in [2.45, 2.75) is 70.9 Å². The molecule has 2 N–H and O–H groups in total. The van der Waals surface area contributed by atoms with Crippen LogP contribution >= 0.6 is 0 Å². The van der Waals surface area contributed by atoms with Crippen molar-refractivity contribution < 1.29 is 4.79 Å². The molecule has 1 fully saturated rings. The number of hydrogen-bond acceptors (Lipinski definition) is 2. The molecule has 0 spiro atoms. The van der Waals surface area contributed by atoms with Crippen molar-refractivity contribution in [2.75, 3.05) is 5.73 Å². The molecule has 0 atom stereocenters. The van der Waals surface area contributed by atoms with E-state index in [1.54, 1.807) is 0 Å². The molecule has 0 aromatic heterocycles. The van der Waals surface area contributed by atoms with Crippen LogP contribution in [0.25, 0.3) is 0 Å². The normalized spacial score (nSPS) is 14.1. The number of unbranched alkanes of at least 4 members (excludes halogenated alkanes) is 4. The van der Waals surface area contributed by atoms with Gasteiger partial charge in [-0.1, -0.05) is 44.7 Å². The lowest BCUT2D eigenvalue weighted by molar-refractivity contribution is -0.132. The monoisotopic (exact) mass is 288 g/mol. The highest BCUT2D eigenvalue weighted by Crippen LogP contribution is 2.29. The van der Waals surface area contributed by atoms with Crippen LogP contribution < -0.4 is 5.73 Å². The number of carbonyl (C=O) groups is 1. The average Bonchev–Trinajstić information content (AvgIpc) is 3.31. The van der Waals surface area contributed by atoms with Crippen molar-refractivity contribution >= 4 is 11.6 Å². The molecule has 1 aliphatic rings. The van der Waals surface area contributed by atoms with Crippen molar-refractivity contribution in [3.8, 4) is 0 Å². The molecule has 0 unspecified atom stereocenters. The maximum Gasteiger partial charge on any atom is 0.223 e. The van der Waals surface area contributed by atoms with Gasteiger partial charge in [0.05, 0.1) is 0 Å². The van der Waals surface area contributed by atoms with E-state index in [2.05, 4.69) is 11.8 Å². The van der Waals surface area contributed by atoms with Crippen LogP contribution in [-0.4, -0.2) is 16.8 Å². The minimum atomic E-state index is 0.325. The summed E-state index contributed by atoms with van der Waals surface area (Å²) in [5.41, 5.74) is 7.67. The Labute approximate surface area is 128 Å². The van der Waals surface area contributed by atoms with Gasteiger partial charge in [-0.3, -0.25) is 4.79 Å². The quantitative estimate of drug-likeness (QED) is 0.549. The minimum Gasteiger partial charge on any atom is -0.399 e. The molecule has 0 heterocycles. The molecule has 2 rings (SSSR count). The first-order valence-corrected chi connectivity index (χ1v) is 8.34. The fourth-order valence-electron chi connectivity index (χ4n) is 2.65. The SMILES string of the molecule is CCCCCCCC(=O)N(Cc1ccc(N)cc1)C1CC1. The van der Waals surface area contributed by atoms with Gasteiger partial charge >= 0.3 is 0 Å². The van der Waals surface area contributed by atoms with E-state index >= 15 is 0 Å². The predicted octanol–water partition coefficient (Wildman–Crippen LogP) is 4.12. The van der Waals surface area contributed by atoms with Crippen molar-refractivity contribution in [2.24, 2.45) is 0 Å². The Morgan fingerprint density at radius 2 is 1.81 bits per heavy atom. The van der Waals surface area contributed by atoms with Crippen molar-refractivity contribution in [3.63, 3.8) is 0 Å². The van der Waals surface area contributed by atoms with Crippen LogP contribution in [0.2, 0.25) is 0 Å². The summed E-state index contributed by atoms with van der Waals surface area (Å²) in [5.74, 6) is 0.325. The fourth-order valence-corrected chi connectivity index (χ4v) is 2.65. The van der Waals surface area contributed by atoms with Gasteiger partial charge in [0.2, 0.25) is 5.91 Å². The summed E-state index contributed by atoms with van der Waals surface area (Å²) < 4.78 is 0. The number of hydrogen-bond donors (Lipinski definition) is 1. The van der Waals surface area contributed by atoms with Gasteiger partial charge in [-0.05, 0) is 37.0 Å². The third kappa shape index (κ3) is 5.41. The van der Waals surface area contributed by atoms with E-state index in [4.69, 9.17) is 5.73 Å². The lowest BCUT2D eigenvalue weighted by Gasteiger charge is -2.22. The number of benzene rings is 1. The molecule has 116 valence electrons. The second-order valence-electron chi connectivity index (χ2n) is 6.16. The molecule has 21 heavy (non-hydrogen) atoms. The lowest BCUT2D eigenvalue weighted by Crippen LogP contribution is -2.32. The van der Waals surface area contributed by atoms with E-state index in [-0.39, 0.29) is 0 Å². The Bertz CT molecular complexity index is 437. The van der Waals surface area contributed by atoms with Crippen LogP contribution in [0, 0.1) is 0 Å².